The Kier molecular flexibility index (Phi) is 3.46. The first-order valence-electron chi connectivity index (χ1n) is 8.14. The summed E-state index contributed by atoms with van der Waals surface area (Å²) >= 11 is 0. The quantitative estimate of drug-likeness (QED) is 0.720. The molecule has 0 aliphatic carbocycles. The second-order valence-corrected chi connectivity index (χ2v) is 6.51. The number of nitrogens with zero attached hydrogens (tertiary/aromatic N) is 2. The van der Waals surface area contributed by atoms with Gasteiger partial charge in [-0.2, -0.15) is 5.10 Å². The summed E-state index contributed by atoms with van der Waals surface area (Å²) < 4.78 is 18.6. The van der Waals surface area contributed by atoms with Crippen molar-refractivity contribution in [3.63, 3.8) is 0 Å². The number of methoxy groups -OCH3 is 2. The van der Waals surface area contributed by atoms with Crippen molar-refractivity contribution in [2.45, 2.75) is 19.4 Å². The number of hydrogen-bond donors (Lipinski definition) is 0. The fourth-order valence-electron chi connectivity index (χ4n) is 3.12. The van der Waals surface area contributed by atoms with Gasteiger partial charge < -0.3 is 14.2 Å². The molecule has 5 nitrogen and oxygen atoms in total. The van der Waals surface area contributed by atoms with Gasteiger partial charge >= 0.3 is 0 Å². The molecule has 0 saturated carbocycles. The van der Waals surface area contributed by atoms with Gasteiger partial charge in [-0.25, -0.2) is 4.68 Å². The third kappa shape index (κ3) is 2.52. The molecule has 2 aromatic carbocycles. The maximum absolute atomic E-state index is 6.22. The highest BCUT2D eigenvalue weighted by Crippen LogP contribution is 2.45. The van der Waals surface area contributed by atoms with Crippen LogP contribution < -0.4 is 14.2 Å². The first kappa shape index (κ1) is 15.6. The zero-order chi connectivity index (χ0) is 17.6. The lowest BCUT2D eigenvalue weighted by atomic mass is 9.92. The fourth-order valence-corrected chi connectivity index (χ4v) is 3.12. The van der Waals surface area contributed by atoms with E-state index in [1.807, 2.05) is 67.2 Å². The Morgan fingerprint density at radius 3 is 2.32 bits per heavy atom. The van der Waals surface area contributed by atoms with Crippen LogP contribution in [0.5, 0.6) is 17.2 Å². The Balaban J connectivity index is 1.84. The lowest BCUT2D eigenvalue weighted by Crippen LogP contribution is -2.28. The summed E-state index contributed by atoms with van der Waals surface area (Å²) in [6.45, 7) is 4.10. The lowest BCUT2D eigenvalue weighted by Gasteiger charge is -2.32. The minimum absolute atomic E-state index is 0.473. The molecule has 0 atom stereocenters. The molecule has 0 N–H and O–H groups in total. The van der Waals surface area contributed by atoms with Crippen molar-refractivity contribution < 1.29 is 14.2 Å². The van der Waals surface area contributed by atoms with Gasteiger partial charge in [0.05, 0.1) is 19.9 Å². The van der Waals surface area contributed by atoms with Crippen LogP contribution in [0.1, 0.15) is 19.4 Å². The van der Waals surface area contributed by atoms with E-state index >= 15 is 0 Å². The summed E-state index contributed by atoms with van der Waals surface area (Å²) in [5, 5.41) is 4.82. The van der Waals surface area contributed by atoms with E-state index in [-0.39, 0.29) is 0 Å². The van der Waals surface area contributed by atoms with E-state index in [0.717, 1.165) is 39.8 Å². The van der Waals surface area contributed by atoms with Gasteiger partial charge in [0.15, 0.2) is 0 Å². The van der Waals surface area contributed by atoms with Gasteiger partial charge in [-0.3, -0.25) is 0 Å². The summed E-state index contributed by atoms with van der Waals surface area (Å²) in [4.78, 5) is 0. The van der Waals surface area contributed by atoms with Crippen molar-refractivity contribution in [3.05, 3.63) is 54.2 Å². The van der Waals surface area contributed by atoms with Crippen molar-refractivity contribution in [3.8, 4) is 34.2 Å². The van der Waals surface area contributed by atoms with E-state index in [9.17, 15) is 0 Å². The molecule has 128 valence electrons. The maximum atomic E-state index is 6.22. The van der Waals surface area contributed by atoms with Crippen molar-refractivity contribution in [1.82, 2.24) is 9.78 Å². The molecule has 4 rings (SSSR count). The number of ether oxygens (including phenoxy) is 3. The summed E-state index contributed by atoms with van der Waals surface area (Å²) in [7, 11) is 3.31. The molecule has 0 radical (unpaired) electrons. The second-order valence-electron chi connectivity index (χ2n) is 6.51. The Morgan fingerprint density at radius 2 is 1.64 bits per heavy atom. The first-order valence-corrected chi connectivity index (χ1v) is 8.14. The smallest absolute Gasteiger partial charge is 0.133 e. The molecule has 0 unspecified atom stereocenters. The van der Waals surface area contributed by atoms with Crippen molar-refractivity contribution in [1.29, 1.82) is 0 Å². The lowest BCUT2D eigenvalue weighted by molar-refractivity contribution is 0.105. The summed E-state index contributed by atoms with van der Waals surface area (Å²) in [5.74, 6) is 2.38. The summed E-state index contributed by atoms with van der Waals surface area (Å²) in [5.41, 5.74) is 3.47. The molecule has 1 aliphatic heterocycles. The van der Waals surface area contributed by atoms with Crippen LogP contribution in [0.3, 0.4) is 0 Å². The predicted molar refractivity (Wildman–Crippen MR) is 95.8 cm³/mol. The zero-order valence-corrected chi connectivity index (χ0v) is 14.7. The topological polar surface area (TPSA) is 45.5 Å². The van der Waals surface area contributed by atoms with E-state index in [1.54, 1.807) is 14.2 Å². The molecule has 0 saturated heterocycles. The number of rotatable bonds is 3. The van der Waals surface area contributed by atoms with Gasteiger partial charge in [-0.05, 0) is 50.2 Å². The summed E-state index contributed by atoms with van der Waals surface area (Å²) in [6.07, 6.45) is 2.03. The maximum Gasteiger partial charge on any atom is 0.133 e. The van der Waals surface area contributed by atoms with E-state index in [0.29, 0.717) is 0 Å². The molecule has 1 aliphatic rings. The van der Waals surface area contributed by atoms with Crippen LogP contribution in [-0.4, -0.2) is 24.0 Å². The van der Waals surface area contributed by atoms with Crippen molar-refractivity contribution in [2.24, 2.45) is 0 Å². The second kappa shape index (κ2) is 5.55. The number of hydrogen-bond acceptors (Lipinski definition) is 4. The number of fused-ring (bicyclic) bond motifs is 3. The van der Waals surface area contributed by atoms with Crippen molar-refractivity contribution in [2.75, 3.05) is 14.2 Å². The third-order valence-electron chi connectivity index (χ3n) is 4.51. The van der Waals surface area contributed by atoms with Crippen LogP contribution in [0.25, 0.3) is 16.9 Å². The molecule has 0 spiro atoms. The minimum atomic E-state index is -0.473. The van der Waals surface area contributed by atoms with E-state index < -0.39 is 5.60 Å². The van der Waals surface area contributed by atoms with Gasteiger partial charge in [0.1, 0.15) is 28.5 Å². The molecule has 3 aromatic rings. The fraction of sp³-hybridized carbons (Fsp3) is 0.250. The third-order valence-corrected chi connectivity index (χ3v) is 4.51. The standard InChI is InChI=1S/C20H20N2O3/c1-20(2)17-12-22(13-5-7-14(23-3)8-6-13)21-19(17)16-10-9-15(24-4)11-18(16)25-20/h5-12H,1-4H3. The van der Waals surface area contributed by atoms with Gasteiger partial charge in [0, 0.05) is 23.4 Å². The van der Waals surface area contributed by atoms with Crippen LogP contribution in [0.2, 0.25) is 0 Å². The highest BCUT2D eigenvalue weighted by molar-refractivity contribution is 5.74. The SMILES string of the molecule is COc1ccc(-n2cc3c(n2)-c2ccc(OC)cc2OC3(C)C)cc1. The molecular formula is C20H20N2O3. The van der Waals surface area contributed by atoms with Gasteiger partial charge in [0.2, 0.25) is 0 Å². The molecule has 0 fully saturated rings. The van der Waals surface area contributed by atoms with E-state index in [4.69, 9.17) is 19.3 Å². The first-order chi connectivity index (χ1) is 12.0. The Hall–Kier alpha value is -2.95. The van der Waals surface area contributed by atoms with Crippen LogP contribution >= 0.6 is 0 Å². The van der Waals surface area contributed by atoms with Crippen LogP contribution in [0.15, 0.2) is 48.7 Å². The number of aromatic nitrogens is 2. The highest BCUT2D eigenvalue weighted by Gasteiger charge is 2.35. The normalized spacial score (nSPS) is 14.2. The Bertz CT molecular complexity index is 927. The monoisotopic (exact) mass is 336 g/mol. The van der Waals surface area contributed by atoms with E-state index in [2.05, 4.69) is 0 Å². The van der Waals surface area contributed by atoms with Gasteiger partial charge in [0.25, 0.3) is 0 Å². The molecule has 0 amide bonds. The Morgan fingerprint density at radius 1 is 0.960 bits per heavy atom. The average molecular weight is 336 g/mol. The molecule has 0 bridgehead atoms. The van der Waals surface area contributed by atoms with E-state index in [1.165, 1.54) is 0 Å². The van der Waals surface area contributed by atoms with Gasteiger partial charge in [-0.15, -0.1) is 0 Å². The average Bonchev–Trinajstić information content (AvgIpc) is 3.07. The highest BCUT2D eigenvalue weighted by atomic mass is 16.5. The largest absolute Gasteiger partial charge is 0.497 e. The van der Waals surface area contributed by atoms with Crippen LogP contribution in [0, 0.1) is 0 Å². The number of benzene rings is 2. The van der Waals surface area contributed by atoms with Gasteiger partial charge in [-0.1, -0.05) is 0 Å². The van der Waals surface area contributed by atoms with Crippen LogP contribution in [0.4, 0.5) is 0 Å². The minimum Gasteiger partial charge on any atom is -0.497 e. The molecule has 25 heavy (non-hydrogen) atoms. The summed E-state index contributed by atoms with van der Waals surface area (Å²) in [6, 6.07) is 13.7. The molecule has 2 heterocycles. The zero-order valence-electron chi connectivity index (χ0n) is 14.7. The van der Waals surface area contributed by atoms with Crippen molar-refractivity contribution >= 4 is 0 Å². The molecule has 5 heteroatoms. The van der Waals surface area contributed by atoms with Crippen LogP contribution in [-0.2, 0) is 5.60 Å². The Labute approximate surface area is 146 Å². The predicted octanol–water partition coefficient (Wildman–Crippen LogP) is 4.18. The molecule has 1 aromatic heterocycles. The molecular weight excluding hydrogens is 316 g/mol.